The molecule has 2 fully saturated rings. The molecule has 1 aliphatic heterocycles. The first-order valence-corrected chi connectivity index (χ1v) is 5.30. The highest BCUT2D eigenvalue weighted by Gasteiger charge is 2.33. The summed E-state index contributed by atoms with van der Waals surface area (Å²) in [7, 11) is 0. The average molecular weight is 182 g/mol. The minimum atomic E-state index is 0.200. The van der Waals surface area contributed by atoms with Crippen LogP contribution < -0.4 is 10.6 Å². The number of nitrogens with one attached hydrogen (secondary N) is 2. The van der Waals surface area contributed by atoms with Gasteiger partial charge in [-0.2, -0.15) is 0 Å². The Balaban J connectivity index is 1.85. The first-order valence-electron chi connectivity index (χ1n) is 5.30. The molecular formula is C10H18N2O. The van der Waals surface area contributed by atoms with Gasteiger partial charge in [-0.05, 0) is 31.7 Å². The second kappa shape index (κ2) is 3.66. The predicted molar refractivity (Wildman–Crippen MR) is 51.4 cm³/mol. The average Bonchev–Trinajstić information content (AvgIpc) is 2.46. The van der Waals surface area contributed by atoms with Crippen molar-refractivity contribution in [3.8, 4) is 0 Å². The summed E-state index contributed by atoms with van der Waals surface area (Å²) in [4.78, 5) is 11.2. The molecule has 1 saturated heterocycles. The Bertz CT molecular complexity index is 193. The summed E-state index contributed by atoms with van der Waals surface area (Å²) in [5, 5.41) is 6.58. The molecule has 1 saturated carbocycles. The highest BCUT2D eigenvalue weighted by atomic mass is 16.1. The summed E-state index contributed by atoms with van der Waals surface area (Å²) >= 11 is 0. The number of hydrogen-bond acceptors (Lipinski definition) is 2. The first kappa shape index (κ1) is 9.00. The molecule has 3 unspecified atom stereocenters. The van der Waals surface area contributed by atoms with E-state index in [2.05, 4.69) is 10.6 Å². The van der Waals surface area contributed by atoms with Gasteiger partial charge >= 0.3 is 0 Å². The molecule has 3 heteroatoms. The van der Waals surface area contributed by atoms with Gasteiger partial charge in [-0.15, -0.1) is 0 Å². The molecule has 13 heavy (non-hydrogen) atoms. The molecule has 0 aromatic rings. The molecule has 0 spiro atoms. The number of carbonyl (C=O) groups is 1. The number of fused-ring (bicyclic) bond motifs is 2. The molecule has 2 bridgehead atoms. The third-order valence-corrected chi connectivity index (χ3v) is 3.19. The van der Waals surface area contributed by atoms with E-state index in [-0.39, 0.29) is 5.91 Å². The Hall–Kier alpha value is -0.570. The van der Waals surface area contributed by atoms with Crippen LogP contribution in [-0.4, -0.2) is 24.5 Å². The third kappa shape index (κ3) is 2.02. The van der Waals surface area contributed by atoms with E-state index < -0.39 is 0 Å². The van der Waals surface area contributed by atoms with E-state index in [9.17, 15) is 4.79 Å². The fourth-order valence-electron chi connectivity index (χ4n) is 2.55. The van der Waals surface area contributed by atoms with Crippen LogP contribution in [-0.2, 0) is 4.79 Å². The van der Waals surface area contributed by atoms with Crippen molar-refractivity contribution in [1.29, 1.82) is 0 Å². The molecule has 1 aliphatic carbocycles. The zero-order valence-corrected chi connectivity index (χ0v) is 8.18. The van der Waals surface area contributed by atoms with E-state index in [1.165, 1.54) is 12.8 Å². The topological polar surface area (TPSA) is 41.1 Å². The summed E-state index contributed by atoms with van der Waals surface area (Å²) in [5.41, 5.74) is 0. The van der Waals surface area contributed by atoms with Gasteiger partial charge in [-0.3, -0.25) is 4.79 Å². The smallest absolute Gasteiger partial charge is 0.219 e. The van der Waals surface area contributed by atoms with Crippen molar-refractivity contribution in [3.63, 3.8) is 0 Å². The minimum absolute atomic E-state index is 0.200. The Kier molecular flexibility index (Phi) is 2.54. The molecule has 3 nitrogen and oxygen atoms in total. The molecule has 1 heterocycles. The second-order valence-electron chi connectivity index (χ2n) is 4.30. The molecule has 74 valence electrons. The van der Waals surface area contributed by atoms with Crippen LogP contribution in [0.5, 0.6) is 0 Å². The molecular weight excluding hydrogens is 164 g/mol. The van der Waals surface area contributed by atoms with E-state index in [1.807, 2.05) is 6.92 Å². The maximum Gasteiger partial charge on any atom is 0.219 e. The van der Waals surface area contributed by atoms with Crippen LogP contribution in [0.1, 0.15) is 32.6 Å². The van der Waals surface area contributed by atoms with Crippen molar-refractivity contribution in [2.24, 2.45) is 5.92 Å². The van der Waals surface area contributed by atoms with Crippen molar-refractivity contribution in [2.45, 2.75) is 44.7 Å². The van der Waals surface area contributed by atoms with Crippen molar-refractivity contribution in [3.05, 3.63) is 0 Å². The summed E-state index contributed by atoms with van der Waals surface area (Å²) in [5.74, 6) is 1.01. The largest absolute Gasteiger partial charge is 0.353 e. The number of hydrogen-bond donors (Lipinski definition) is 2. The highest BCUT2D eigenvalue weighted by Crippen LogP contribution is 2.29. The fourth-order valence-corrected chi connectivity index (χ4v) is 2.55. The van der Waals surface area contributed by atoms with Gasteiger partial charge in [0.1, 0.15) is 0 Å². The van der Waals surface area contributed by atoms with E-state index in [1.54, 1.807) is 0 Å². The SMILES string of the molecule is CCC(=O)NC1CC2CNC(C2)C1. The number of amides is 1. The summed E-state index contributed by atoms with van der Waals surface area (Å²) in [6.07, 6.45) is 4.23. The van der Waals surface area contributed by atoms with Gasteiger partial charge in [0.2, 0.25) is 5.91 Å². The van der Waals surface area contributed by atoms with Crippen LogP contribution in [0.4, 0.5) is 0 Å². The van der Waals surface area contributed by atoms with Gasteiger partial charge in [0, 0.05) is 18.5 Å². The summed E-state index contributed by atoms with van der Waals surface area (Å²) < 4.78 is 0. The lowest BCUT2D eigenvalue weighted by Crippen LogP contribution is -2.40. The van der Waals surface area contributed by atoms with Crippen molar-refractivity contribution >= 4 is 5.91 Å². The summed E-state index contributed by atoms with van der Waals surface area (Å²) in [6.45, 7) is 3.06. The van der Waals surface area contributed by atoms with Crippen LogP contribution in [0.15, 0.2) is 0 Å². The second-order valence-corrected chi connectivity index (χ2v) is 4.30. The van der Waals surface area contributed by atoms with Crippen LogP contribution >= 0.6 is 0 Å². The maximum atomic E-state index is 11.2. The highest BCUT2D eigenvalue weighted by molar-refractivity contribution is 5.75. The van der Waals surface area contributed by atoms with Crippen molar-refractivity contribution in [1.82, 2.24) is 10.6 Å². The van der Waals surface area contributed by atoms with E-state index in [0.29, 0.717) is 18.5 Å². The Morgan fingerprint density at radius 2 is 2.31 bits per heavy atom. The van der Waals surface area contributed by atoms with Crippen LogP contribution in [0.25, 0.3) is 0 Å². The van der Waals surface area contributed by atoms with E-state index >= 15 is 0 Å². The molecule has 0 aromatic heterocycles. The Morgan fingerprint density at radius 3 is 3.00 bits per heavy atom. The molecule has 3 atom stereocenters. The Morgan fingerprint density at radius 1 is 1.46 bits per heavy atom. The number of rotatable bonds is 2. The molecule has 2 aliphatic rings. The molecule has 2 rings (SSSR count). The van der Waals surface area contributed by atoms with Crippen molar-refractivity contribution < 1.29 is 4.79 Å². The van der Waals surface area contributed by atoms with Crippen LogP contribution in [0.2, 0.25) is 0 Å². The number of carbonyl (C=O) groups excluding carboxylic acids is 1. The van der Waals surface area contributed by atoms with Gasteiger partial charge in [0.15, 0.2) is 0 Å². The van der Waals surface area contributed by atoms with E-state index in [0.717, 1.165) is 18.9 Å². The maximum absolute atomic E-state index is 11.2. The van der Waals surface area contributed by atoms with Gasteiger partial charge in [-0.1, -0.05) is 6.92 Å². The van der Waals surface area contributed by atoms with Crippen molar-refractivity contribution in [2.75, 3.05) is 6.54 Å². The lowest BCUT2D eigenvalue weighted by molar-refractivity contribution is -0.121. The molecule has 1 amide bonds. The first-order chi connectivity index (χ1) is 6.28. The van der Waals surface area contributed by atoms with Gasteiger partial charge in [-0.25, -0.2) is 0 Å². The van der Waals surface area contributed by atoms with E-state index in [4.69, 9.17) is 0 Å². The van der Waals surface area contributed by atoms with Gasteiger partial charge in [0.25, 0.3) is 0 Å². The molecule has 0 aromatic carbocycles. The quantitative estimate of drug-likeness (QED) is 0.658. The molecule has 2 N–H and O–H groups in total. The zero-order valence-electron chi connectivity index (χ0n) is 8.18. The molecule has 0 radical (unpaired) electrons. The lowest BCUT2D eigenvalue weighted by Gasteiger charge is -2.27. The monoisotopic (exact) mass is 182 g/mol. The standard InChI is InChI=1S/C10H18N2O/c1-2-10(13)12-9-4-7-3-8(5-9)11-6-7/h7-9,11H,2-6H2,1H3,(H,12,13). The van der Waals surface area contributed by atoms with Crippen LogP contribution in [0, 0.1) is 5.92 Å². The fraction of sp³-hybridized carbons (Fsp3) is 0.900. The van der Waals surface area contributed by atoms with Crippen LogP contribution in [0.3, 0.4) is 0 Å². The predicted octanol–water partition coefficient (Wildman–Crippen LogP) is 0.653. The lowest BCUT2D eigenvalue weighted by atomic mass is 9.86. The van der Waals surface area contributed by atoms with Gasteiger partial charge < -0.3 is 10.6 Å². The normalized spacial score (nSPS) is 37.5. The van der Waals surface area contributed by atoms with Gasteiger partial charge in [0.05, 0.1) is 0 Å². The summed E-state index contributed by atoms with van der Waals surface area (Å²) in [6, 6.07) is 1.10. The Labute approximate surface area is 79.3 Å². The zero-order chi connectivity index (χ0) is 9.26. The minimum Gasteiger partial charge on any atom is -0.353 e. The third-order valence-electron chi connectivity index (χ3n) is 3.19.